The molecule has 0 fully saturated rings. The summed E-state index contributed by atoms with van der Waals surface area (Å²) in [4.78, 5) is 23.4. The van der Waals surface area contributed by atoms with Crippen LogP contribution < -0.4 is 9.00 Å². The number of thiophene rings is 2. The van der Waals surface area contributed by atoms with Gasteiger partial charge in [-0.1, -0.05) is 95.2 Å². The summed E-state index contributed by atoms with van der Waals surface area (Å²) in [6.07, 6.45) is 3.83. The lowest BCUT2D eigenvalue weighted by Crippen LogP contribution is -2.54. The Bertz CT molecular complexity index is 2040. The molecule has 0 saturated carbocycles. The van der Waals surface area contributed by atoms with Crippen LogP contribution in [0.4, 0.5) is 0 Å². The average molecular weight is 835 g/mol. The van der Waals surface area contributed by atoms with Crippen LogP contribution in [0.5, 0.6) is 0 Å². The molecule has 274 valence electrons. The summed E-state index contributed by atoms with van der Waals surface area (Å²) in [5.41, 5.74) is 8.25. The Hall–Kier alpha value is -1.91. The summed E-state index contributed by atoms with van der Waals surface area (Å²) in [7, 11) is -3.57. The van der Waals surface area contributed by atoms with Gasteiger partial charge in [-0.3, -0.25) is 0 Å². The van der Waals surface area contributed by atoms with Crippen molar-refractivity contribution in [1.82, 2.24) is 19.9 Å². The molecule has 0 radical (unpaired) electrons. The minimum Gasteiger partial charge on any atom is -0.244 e. The lowest BCUT2D eigenvalue weighted by atomic mass is 10.1. The fraction of sp³-hybridized carbons (Fsp3) is 0.450. The van der Waals surface area contributed by atoms with Gasteiger partial charge < -0.3 is 0 Å². The van der Waals surface area contributed by atoms with Crippen LogP contribution in [-0.2, 0) is 0 Å². The minimum absolute atomic E-state index is 0.661. The van der Waals surface area contributed by atoms with Gasteiger partial charge in [-0.15, -0.1) is 68.0 Å². The van der Waals surface area contributed by atoms with Crippen molar-refractivity contribution in [2.24, 2.45) is 0 Å². The molecular formula is C40H50N4S6Si2. The predicted molar refractivity (Wildman–Crippen MR) is 243 cm³/mol. The van der Waals surface area contributed by atoms with E-state index in [9.17, 15) is 0 Å². The fourth-order valence-electron chi connectivity index (χ4n) is 9.91. The number of thiazole rings is 4. The Morgan fingerprint density at radius 1 is 0.442 bits per heavy atom. The van der Waals surface area contributed by atoms with Gasteiger partial charge >= 0.3 is 0 Å². The monoisotopic (exact) mass is 834 g/mol. The third-order valence-corrected chi connectivity index (χ3v) is 33.8. The maximum absolute atomic E-state index is 5.54. The molecule has 0 unspecified atom stereocenters. The van der Waals surface area contributed by atoms with Gasteiger partial charge in [0.2, 0.25) is 0 Å². The van der Waals surface area contributed by atoms with E-state index in [1.54, 1.807) is 54.3 Å². The van der Waals surface area contributed by atoms with Crippen molar-refractivity contribution in [1.29, 1.82) is 0 Å². The summed E-state index contributed by atoms with van der Waals surface area (Å²) in [6.45, 7) is 29.4. The van der Waals surface area contributed by atoms with Crippen molar-refractivity contribution in [2.45, 2.75) is 116 Å². The second kappa shape index (κ2) is 14.6. The third kappa shape index (κ3) is 5.93. The molecule has 0 N–H and O–H groups in total. The summed E-state index contributed by atoms with van der Waals surface area (Å²) in [5, 5.41) is 8.33. The molecule has 12 heteroatoms. The van der Waals surface area contributed by atoms with Crippen molar-refractivity contribution in [2.75, 3.05) is 0 Å². The Morgan fingerprint density at radius 3 is 1.08 bits per heavy atom. The van der Waals surface area contributed by atoms with Crippen molar-refractivity contribution in [3.8, 4) is 40.9 Å². The van der Waals surface area contributed by atoms with E-state index in [4.69, 9.17) is 19.9 Å². The Morgan fingerprint density at radius 2 is 0.788 bits per heavy atom. The number of benzene rings is 1. The zero-order valence-electron chi connectivity index (χ0n) is 32.3. The van der Waals surface area contributed by atoms with Gasteiger partial charge in [0.25, 0.3) is 0 Å². The van der Waals surface area contributed by atoms with Gasteiger partial charge in [-0.2, -0.15) is 0 Å². The van der Waals surface area contributed by atoms with Crippen molar-refractivity contribution >= 4 is 114 Å². The maximum Gasteiger partial charge on any atom is 0.134 e. The van der Waals surface area contributed by atoms with E-state index in [-0.39, 0.29) is 0 Å². The summed E-state index contributed by atoms with van der Waals surface area (Å²) in [6, 6.07) is 9.58. The SMILES string of the molecule is CC(C)[Si](c1ccc(-c2nc3c(-c4nccs4)c4sc(-c5ccc([Si](C(C)C)(C(C)C)C(C)C)s5)nc4c(-c4nccs4)c3s2)s1)(C(C)C)C(C)C. The first-order valence-electron chi connectivity index (χ1n) is 18.5. The standard InChI is InChI=1S/C40H50N4S6Si2/c1-21(2)51(22(3)4,23(5)6)29-15-13-27(47-29)37-43-33-31(39-41-17-19-45-39)36-34(32(35(33)49-37)40-42-18-20-46-40)44-38(50-36)28-14-16-30(48-28)52(24(7)8,25(9)10)26(11)12/h13-26H,1-12H3. The lowest BCUT2D eigenvalue weighted by Gasteiger charge is -2.42. The molecule has 4 nitrogen and oxygen atoms in total. The molecule has 0 amide bonds. The quantitative estimate of drug-likeness (QED) is 0.115. The maximum atomic E-state index is 5.54. The van der Waals surface area contributed by atoms with E-state index in [0.29, 0.717) is 33.2 Å². The highest BCUT2D eigenvalue weighted by molar-refractivity contribution is 7.34. The molecule has 7 aromatic rings. The first-order chi connectivity index (χ1) is 24.7. The molecule has 0 aliphatic carbocycles. The second-order valence-corrected chi connectivity index (χ2v) is 34.4. The average Bonchev–Trinajstić information content (AvgIpc) is 3.90. The van der Waals surface area contributed by atoms with E-state index in [1.165, 1.54) is 9.75 Å². The fourth-order valence-corrected chi connectivity index (χ4v) is 33.8. The first kappa shape index (κ1) is 38.4. The molecule has 0 saturated heterocycles. The molecule has 0 atom stereocenters. The summed E-state index contributed by atoms with van der Waals surface area (Å²) >= 11 is 11.0. The molecule has 0 bridgehead atoms. The Labute approximate surface area is 335 Å². The van der Waals surface area contributed by atoms with Crippen LogP contribution in [0.3, 0.4) is 0 Å². The van der Waals surface area contributed by atoms with E-state index >= 15 is 0 Å². The van der Waals surface area contributed by atoms with Gasteiger partial charge in [-0.25, -0.2) is 19.9 Å². The van der Waals surface area contributed by atoms with Crippen molar-refractivity contribution < 1.29 is 0 Å². The van der Waals surface area contributed by atoms with E-state index in [1.807, 2.05) is 35.1 Å². The number of fused-ring (bicyclic) bond motifs is 2. The number of nitrogens with zero attached hydrogens (tertiary/aromatic N) is 4. The van der Waals surface area contributed by atoms with Crippen LogP contribution in [0.25, 0.3) is 61.3 Å². The Kier molecular flexibility index (Phi) is 10.8. The van der Waals surface area contributed by atoms with Crippen LogP contribution in [0, 0.1) is 0 Å². The van der Waals surface area contributed by atoms with E-state index in [0.717, 1.165) is 51.6 Å². The molecule has 0 spiro atoms. The number of hydrogen-bond donors (Lipinski definition) is 0. The lowest BCUT2D eigenvalue weighted by molar-refractivity contribution is 0.837. The van der Waals surface area contributed by atoms with Crippen LogP contribution >= 0.6 is 68.0 Å². The van der Waals surface area contributed by atoms with Crippen molar-refractivity contribution in [3.63, 3.8) is 0 Å². The second-order valence-electron chi connectivity index (χ2n) is 15.9. The molecule has 6 heterocycles. The summed E-state index contributed by atoms with van der Waals surface area (Å²) in [5.74, 6) is 0. The topological polar surface area (TPSA) is 51.6 Å². The molecule has 7 rings (SSSR count). The van der Waals surface area contributed by atoms with Gasteiger partial charge in [-0.05, 0) is 54.4 Å². The molecule has 1 aromatic carbocycles. The highest BCUT2D eigenvalue weighted by atomic mass is 32.1. The Balaban J connectivity index is 1.46. The van der Waals surface area contributed by atoms with Crippen LogP contribution in [0.15, 0.2) is 47.4 Å². The normalized spacial score (nSPS) is 13.3. The zero-order valence-corrected chi connectivity index (χ0v) is 39.2. The molecule has 0 aliphatic rings. The van der Waals surface area contributed by atoms with Gasteiger partial charge in [0.05, 0.1) is 41.3 Å². The zero-order chi connectivity index (χ0) is 37.3. The molecule has 52 heavy (non-hydrogen) atoms. The van der Waals surface area contributed by atoms with E-state index < -0.39 is 16.1 Å². The van der Waals surface area contributed by atoms with Crippen LogP contribution in [-0.4, -0.2) is 36.1 Å². The molecular weight excluding hydrogens is 785 g/mol. The van der Waals surface area contributed by atoms with Gasteiger partial charge in [0.15, 0.2) is 0 Å². The first-order valence-corrected chi connectivity index (χ1v) is 28.0. The number of aromatic nitrogens is 4. The largest absolute Gasteiger partial charge is 0.244 e. The van der Waals surface area contributed by atoms with Crippen molar-refractivity contribution in [3.05, 3.63) is 47.4 Å². The molecule has 0 aliphatic heterocycles. The van der Waals surface area contributed by atoms with Gasteiger partial charge in [0, 0.05) is 23.2 Å². The van der Waals surface area contributed by atoms with E-state index in [2.05, 4.69) is 118 Å². The molecule has 6 aromatic heterocycles. The smallest absolute Gasteiger partial charge is 0.134 e. The third-order valence-electron chi connectivity index (χ3n) is 11.7. The summed E-state index contributed by atoms with van der Waals surface area (Å²) < 4.78 is 5.52. The highest BCUT2D eigenvalue weighted by Crippen LogP contribution is 2.52. The highest BCUT2D eigenvalue weighted by Gasteiger charge is 2.47. The number of rotatable bonds is 12. The van der Waals surface area contributed by atoms with Crippen LogP contribution in [0.1, 0.15) is 83.1 Å². The minimum atomic E-state index is -1.79. The van der Waals surface area contributed by atoms with Crippen LogP contribution in [0.2, 0.25) is 33.2 Å². The predicted octanol–water partition coefficient (Wildman–Crippen LogP) is 14.4. The number of hydrogen-bond acceptors (Lipinski definition) is 10. The van der Waals surface area contributed by atoms with Gasteiger partial charge in [0.1, 0.15) is 36.2 Å².